The molecule has 5 nitrogen and oxygen atoms in total. The van der Waals surface area contributed by atoms with E-state index in [2.05, 4.69) is 10.5 Å². The van der Waals surface area contributed by atoms with Crippen molar-refractivity contribution in [3.05, 3.63) is 65.0 Å². The molecule has 6 heteroatoms. The number of hydrogen-bond donors (Lipinski definition) is 1. The van der Waals surface area contributed by atoms with Crippen LogP contribution in [0.1, 0.15) is 24.1 Å². The van der Waals surface area contributed by atoms with Crippen LogP contribution in [0, 0.1) is 0 Å². The molecule has 0 atom stereocenters. The fourth-order valence-corrected chi connectivity index (χ4v) is 2.84. The molecular formula is C18H15ClN2O3. The molecule has 1 aliphatic carbocycles. The fraction of sp³-hybridized carbons (Fsp3) is 0.222. The predicted molar refractivity (Wildman–Crippen MR) is 88.4 cm³/mol. The van der Waals surface area contributed by atoms with Gasteiger partial charge in [0.15, 0.2) is 5.76 Å². The van der Waals surface area contributed by atoms with Crippen LogP contribution in [0.15, 0.2) is 57.7 Å². The second-order valence-corrected chi connectivity index (χ2v) is 6.38. The van der Waals surface area contributed by atoms with Gasteiger partial charge in [-0.05, 0) is 42.7 Å². The van der Waals surface area contributed by atoms with Crippen molar-refractivity contribution in [3.63, 3.8) is 0 Å². The lowest BCUT2D eigenvalue weighted by atomic mass is 10.0. The number of rotatable bonds is 5. The minimum atomic E-state index is -0.583. The van der Waals surface area contributed by atoms with E-state index >= 15 is 0 Å². The van der Waals surface area contributed by atoms with E-state index in [4.69, 9.17) is 20.5 Å². The molecule has 1 fully saturated rings. The van der Waals surface area contributed by atoms with Crippen molar-refractivity contribution in [1.29, 1.82) is 0 Å². The maximum Gasteiger partial charge on any atom is 0.232 e. The van der Waals surface area contributed by atoms with Crippen LogP contribution in [0.4, 0.5) is 0 Å². The Hall–Kier alpha value is -2.53. The fourth-order valence-electron chi connectivity index (χ4n) is 2.71. The van der Waals surface area contributed by atoms with Crippen LogP contribution in [-0.2, 0) is 16.8 Å². The third-order valence-corrected chi connectivity index (χ3v) is 4.57. The Balaban J connectivity index is 1.47. The lowest BCUT2D eigenvalue weighted by Crippen LogP contribution is -2.34. The Morgan fingerprint density at radius 2 is 2.00 bits per heavy atom. The van der Waals surface area contributed by atoms with Gasteiger partial charge in [0, 0.05) is 17.6 Å². The first-order valence-corrected chi connectivity index (χ1v) is 8.09. The molecule has 3 aromatic rings. The van der Waals surface area contributed by atoms with Gasteiger partial charge in [-0.25, -0.2) is 0 Å². The van der Waals surface area contributed by atoms with Crippen LogP contribution in [0.2, 0.25) is 5.02 Å². The molecule has 0 aliphatic heterocycles. The van der Waals surface area contributed by atoms with Crippen molar-refractivity contribution in [1.82, 2.24) is 10.5 Å². The van der Waals surface area contributed by atoms with Crippen molar-refractivity contribution in [2.45, 2.75) is 24.8 Å². The maximum absolute atomic E-state index is 12.6. The second kappa shape index (κ2) is 5.83. The highest BCUT2D eigenvalue weighted by molar-refractivity contribution is 6.30. The second-order valence-electron chi connectivity index (χ2n) is 5.94. The van der Waals surface area contributed by atoms with E-state index in [1.54, 1.807) is 24.5 Å². The van der Waals surface area contributed by atoms with Gasteiger partial charge in [-0.15, -0.1) is 0 Å². The van der Waals surface area contributed by atoms with E-state index in [0.29, 0.717) is 28.8 Å². The number of aromatic nitrogens is 1. The van der Waals surface area contributed by atoms with Crippen molar-refractivity contribution in [2.75, 3.05) is 0 Å². The number of carbonyl (C=O) groups is 1. The summed E-state index contributed by atoms with van der Waals surface area (Å²) in [4.78, 5) is 12.6. The Bertz CT molecular complexity index is 849. The monoisotopic (exact) mass is 342 g/mol. The van der Waals surface area contributed by atoms with E-state index in [9.17, 15) is 4.79 Å². The first-order valence-electron chi connectivity index (χ1n) is 7.71. The van der Waals surface area contributed by atoms with E-state index < -0.39 is 5.41 Å². The molecular weight excluding hydrogens is 328 g/mol. The molecule has 2 heterocycles. The molecule has 0 saturated heterocycles. The SMILES string of the molecule is O=C(NCc1ccc(Cl)cc1)C1(c2cc(-c3ccco3)on2)CC1. The summed E-state index contributed by atoms with van der Waals surface area (Å²) in [6.45, 7) is 0.459. The lowest BCUT2D eigenvalue weighted by Gasteiger charge is -2.12. The zero-order chi connectivity index (χ0) is 16.6. The summed E-state index contributed by atoms with van der Waals surface area (Å²) in [6, 6.07) is 12.8. The van der Waals surface area contributed by atoms with E-state index in [0.717, 1.165) is 18.4 Å². The van der Waals surface area contributed by atoms with Gasteiger partial charge < -0.3 is 14.3 Å². The quantitative estimate of drug-likeness (QED) is 0.762. The lowest BCUT2D eigenvalue weighted by molar-refractivity contribution is -0.123. The van der Waals surface area contributed by atoms with E-state index in [1.807, 2.05) is 24.3 Å². The predicted octanol–water partition coefficient (Wildman–Crippen LogP) is 3.94. The maximum atomic E-state index is 12.6. The van der Waals surface area contributed by atoms with Gasteiger partial charge in [0.1, 0.15) is 0 Å². The van der Waals surface area contributed by atoms with Crippen molar-refractivity contribution in [3.8, 4) is 11.5 Å². The average Bonchev–Trinajstić information content (AvgIpc) is 3.02. The molecule has 0 radical (unpaired) electrons. The summed E-state index contributed by atoms with van der Waals surface area (Å²) in [6.07, 6.45) is 3.11. The number of furan rings is 1. The minimum absolute atomic E-state index is 0.0308. The number of benzene rings is 1. The molecule has 0 unspecified atom stereocenters. The van der Waals surface area contributed by atoms with Gasteiger partial charge in [-0.2, -0.15) is 0 Å². The van der Waals surface area contributed by atoms with Crippen LogP contribution in [0.5, 0.6) is 0 Å². The molecule has 122 valence electrons. The molecule has 2 aromatic heterocycles. The Labute approximate surface area is 143 Å². The topological polar surface area (TPSA) is 68.3 Å². The number of carbonyl (C=O) groups excluding carboxylic acids is 1. The largest absolute Gasteiger partial charge is 0.461 e. The number of nitrogens with one attached hydrogen (secondary N) is 1. The van der Waals surface area contributed by atoms with Crippen LogP contribution in [0.25, 0.3) is 11.5 Å². The van der Waals surface area contributed by atoms with E-state index in [-0.39, 0.29) is 5.91 Å². The Morgan fingerprint density at radius 3 is 2.67 bits per heavy atom. The highest BCUT2D eigenvalue weighted by Crippen LogP contribution is 2.48. The smallest absolute Gasteiger partial charge is 0.232 e. The first-order chi connectivity index (χ1) is 11.7. The van der Waals surface area contributed by atoms with Crippen molar-refractivity contribution < 1.29 is 13.7 Å². The summed E-state index contributed by atoms with van der Waals surface area (Å²) in [5, 5.41) is 7.73. The molecule has 24 heavy (non-hydrogen) atoms. The molecule has 0 spiro atoms. The van der Waals surface area contributed by atoms with Gasteiger partial charge in [-0.1, -0.05) is 28.9 Å². The standard InChI is InChI=1S/C18H15ClN2O3/c19-13-5-3-12(4-6-13)11-20-17(22)18(7-8-18)16-10-15(24-21-16)14-2-1-9-23-14/h1-6,9-10H,7-8,11H2,(H,20,22). The van der Waals surface area contributed by atoms with Gasteiger partial charge in [0.2, 0.25) is 11.7 Å². The molecule has 1 aromatic carbocycles. The molecule has 1 saturated carbocycles. The van der Waals surface area contributed by atoms with Gasteiger partial charge in [0.05, 0.1) is 17.4 Å². The van der Waals surface area contributed by atoms with Crippen molar-refractivity contribution >= 4 is 17.5 Å². The van der Waals surface area contributed by atoms with Gasteiger partial charge in [-0.3, -0.25) is 4.79 Å². The third kappa shape index (κ3) is 2.71. The average molecular weight is 343 g/mol. The van der Waals surface area contributed by atoms with Crippen LogP contribution >= 0.6 is 11.6 Å². The number of halogens is 1. The van der Waals surface area contributed by atoms with Crippen LogP contribution in [-0.4, -0.2) is 11.1 Å². The van der Waals surface area contributed by atoms with E-state index in [1.165, 1.54) is 0 Å². The molecule has 1 aliphatic rings. The highest BCUT2D eigenvalue weighted by Gasteiger charge is 2.53. The first kappa shape index (κ1) is 15.0. The number of hydrogen-bond acceptors (Lipinski definition) is 4. The van der Waals surface area contributed by atoms with Crippen LogP contribution in [0.3, 0.4) is 0 Å². The molecule has 0 bridgehead atoms. The zero-order valence-corrected chi connectivity index (χ0v) is 13.5. The molecule has 4 rings (SSSR count). The summed E-state index contributed by atoms with van der Waals surface area (Å²) in [5.41, 5.74) is 1.07. The summed E-state index contributed by atoms with van der Waals surface area (Å²) in [5.74, 6) is 1.11. The zero-order valence-electron chi connectivity index (χ0n) is 12.8. The molecule has 1 amide bonds. The summed E-state index contributed by atoms with van der Waals surface area (Å²) < 4.78 is 10.6. The normalized spacial score (nSPS) is 15.2. The third-order valence-electron chi connectivity index (χ3n) is 4.32. The summed E-state index contributed by atoms with van der Waals surface area (Å²) in [7, 11) is 0. The van der Waals surface area contributed by atoms with Gasteiger partial charge >= 0.3 is 0 Å². The molecule has 1 N–H and O–H groups in total. The van der Waals surface area contributed by atoms with Crippen molar-refractivity contribution in [2.24, 2.45) is 0 Å². The minimum Gasteiger partial charge on any atom is -0.461 e. The Morgan fingerprint density at radius 1 is 1.21 bits per heavy atom. The van der Waals surface area contributed by atoms with Gasteiger partial charge in [0.25, 0.3) is 0 Å². The van der Waals surface area contributed by atoms with Crippen LogP contribution < -0.4 is 5.32 Å². The number of amides is 1. The number of nitrogens with zero attached hydrogens (tertiary/aromatic N) is 1. The summed E-state index contributed by atoms with van der Waals surface area (Å²) >= 11 is 5.87. The highest BCUT2D eigenvalue weighted by atomic mass is 35.5. The Kier molecular flexibility index (Phi) is 3.65.